The van der Waals surface area contributed by atoms with E-state index >= 15 is 0 Å². The van der Waals surface area contributed by atoms with E-state index in [9.17, 15) is 0 Å². The molecule has 3 nitrogen and oxygen atoms in total. The highest BCUT2D eigenvalue weighted by molar-refractivity contribution is 9.08. The zero-order valence-electron chi connectivity index (χ0n) is 7.55. The number of benzene rings is 1. The van der Waals surface area contributed by atoms with Crippen molar-refractivity contribution in [2.45, 2.75) is 5.33 Å². The van der Waals surface area contributed by atoms with Crippen LogP contribution in [0.3, 0.4) is 0 Å². The lowest BCUT2D eigenvalue weighted by Gasteiger charge is -1.88. The number of alkyl halides is 1. The molecule has 0 atom stereocenters. The predicted molar refractivity (Wildman–Crippen MR) is 58.9 cm³/mol. The molecule has 0 fully saturated rings. The second-order valence-electron chi connectivity index (χ2n) is 2.41. The van der Waals surface area contributed by atoms with E-state index in [0.29, 0.717) is 0 Å². The van der Waals surface area contributed by atoms with Crippen LogP contribution >= 0.6 is 15.9 Å². The van der Waals surface area contributed by atoms with Gasteiger partial charge in [0.25, 0.3) is 0 Å². The third-order valence-electron chi connectivity index (χ3n) is 1.40. The molecule has 1 aromatic heterocycles. The Morgan fingerprint density at radius 1 is 0.857 bits per heavy atom. The number of hydrogen-bond donors (Lipinski definition) is 0. The van der Waals surface area contributed by atoms with Gasteiger partial charge in [-0.2, -0.15) is 0 Å². The van der Waals surface area contributed by atoms with Gasteiger partial charge in [-0.25, -0.2) is 15.0 Å². The van der Waals surface area contributed by atoms with Crippen molar-refractivity contribution < 1.29 is 0 Å². The maximum Gasteiger partial charge on any atom is 0.119 e. The maximum absolute atomic E-state index is 3.56. The summed E-state index contributed by atoms with van der Waals surface area (Å²) in [5, 5.41) is 0.952. The third kappa shape index (κ3) is 4.67. The second kappa shape index (κ2) is 7.15. The highest BCUT2D eigenvalue weighted by Crippen LogP contribution is 2.02. The van der Waals surface area contributed by atoms with Gasteiger partial charge in [-0.1, -0.05) is 46.3 Å². The molecule has 72 valence electrons. The fourth-order valence-electron chi connectivity index (χ4n) is 0.772. The molecule has 0 aliphatic carbocycles. The Kier molecular flexibility index (Phi) is 5.51. The predicted octanol–water partition coefficient (Wildman–Crippen LogP) is 2.45. The minimum Gasteiger partial charge on any atom is -0.225 e. The second-order valence-corrected chi connectivity index (χ2v) is 2.97. The van der Waals surface area contributed by atoms with Gasteiger partial charge in [-0.3, -0.25) is 0 Å². The Labute approximate surface area is 91.4 Å². The monoisotopic (exact) mass is 251 g/mol. The molecule has 4 heteroatoms. The van der Waals surface area contributed by atoms with Crippen molar-refractivity contribution in [3.8, 4) is 0 Å². The number of rotatable bonds is 1. The number of nitrogens with zero attached hydrogens (tertiary/aromatic N) is 3. The van der Waals surface area contributed by atoms with Crippen molar-refractivity contribution in [1.82, 2.24) is 15.0 Å². The van der Waals surface area contributed by atoms with Gasteiger partial charge in [0.15, 0.2) is 0 Å². The first-order valence-corrected chi connectivity index (χ1v) is 5.20. The molecule has 0 aliphatic heterocycles. The highest BCUT2D eigenvalue weighted by atomic mass is 79.9. The van der Waals surface area contributed by atoms with Crippen LogP contribution in [0.15, 0.2) is 49.3 Å². The number of aromatic nitrogens is 3. The molecular formula is C10H10BrN3. The molecule has 0 spiro atoms. The molecule has 2 rings (SSSR count). The number of hydrogen-bond acceptors (Lipinski definition) is 3. The summed E-state index contributed by atoms with van der Waals surface area (Å²) in [4.78, 5) is 10.7. The van der Waals surface area contributed by atoms with E-state index in [4.69, 9.17) is 0 Å². The lowest BCUT2D eigenvalue weighted by molar-refractivity contribution is 1.05. The van der Waals surface area contributed by atoms with Gasteiger partial charge >= 0.3 is 0 Å². The summed E-state index contributed by atoms with van der Waals surface area (Å²) in [6, 6.07) is 10.3. The summed E-state index contributed by atoms with van der Waals surface area (Å²) in [7, 11) is 0. The van der Waals surface area contributed by atoms with Crippen LogP contribution in [0.4, 0.5) is 0 Å². The maximum atomic E-state index is 3.56. The summed E-state index contributed by atoms with van der Waals surface area (Å²) in [5.41, 5.74) is 1.33. The topological polar surface area (TPSA) is 38.7 Å². The lowest BCUT2D eigenvalue weighted by atomic mass is 10.2. The first-order valence-electron chi connectivity index (χ1n) is 4.08. The Morgan fingerprint density at radius 2 is 1.36 bits per heavy atom. The molecular weight excluding hydrogens is 242 g/mol. The first kappa shape index (κ1) is 10.8. The Morgan fingerprint density at radius 3 is 1.64 bits per heavy atom. The fraction of sp³-hybridized carbons (Fsp3) is 0.100. The van der Waals surface area contributed by atoms with Crippen molar-refractivity contribution in [2.24, 2.45) is 0 Å². The van der Waals surface area contributed by atoms with Crippen LogP contribution in [0.5, 0.6) is 0 Å². The summed E-state index contributed by atoms with van der Waals surface area (Å²) < 4.78 is 0. The van der Waals surface area contributed by atoms with Crippen molar-refractivity contribution in [3.63, 3.8) is 0 Å². The van der Waals surface area contributed by atoms with E-state index in [1.54, 1.807) is 0 Å². The minimum atomic E-state index is 0.952. The van der Waals surface area contributed by atoms with Gasteiger partial charge in [0.05, 0.1) is 0 Å². The molecule has 0 saturated heterocycles. The van der Waals surface area contributed by atoms with Gasteiger partial charge in [0.2, 0.25) is 0 Å². The van der Waals surface area contributed by atoms with E-state index < -0.39 is 0 Å². The minimum absolute atomic E-state index is 0.952. The average molecular weight is 252 g/mol. The molecule has 0 N–H and O–H groups in total. The first-order chi connectivity index (χ1) is 6.93. The largest absolute Gasteiger partial charge is 0.225 e. The van der Waals surface area contributed by atoms with Gasteiger partial charge in [0.1, 0.15) is 19.0 Å². The van der Waals surface area contributed by atoms with Crippen molar-refractivity contribution in [1.29, 1.82) is 0 Å². The highest BCUT2D eigenvalue weighted by Gasteiger charge is 1.81. The standard InChI is InChI=1S/C7H7Br.C3H3N3/c8-6-7-4-2-1-3-5-7;1-4-2-6-3-5-1/h1-5H,6H2;1-3H. The van der Waals surface area contributed by atoms with E-state index in [-0.39, 0.29) is 0 Å². The van der Waals surface area contributed by atoms with Gasteiger partial charge < -0.3 is 0 Å². The van der Waals surface area contributed by atoms with E-state index in [1.165, 1.54) is 24.5 Å². The van der Waals surface area contributed by atoms with Crippen molar-refractivity contribution in [2.75, 3.05) is 0 Å². The quantitative estimate of drug-likeness (QED) is 0.732. The molecule has 14 heavy (non-hydrogen) atoms. The van der Waals surface area contributed by atoms with Crippen LogP contribution in [0.25, 0.3) is 0 Å². The lowest BCUT2D eigenvalue weighted by Crippen LogP contribution is -1.73. The van der Waals surface area contributed by atoms with Crippen molar-refractivity contribution >= 4 is 15.9 Å². The van der Waals surface area contributed by atoms with Crippen LogP contribution in [-0.2, 0) is 5.33 Å². The fourth-order valence-corrected chi connectivity index (χ4v) is 1.15. The van der Waals surface area contributed by atoms with Crippen LogP contribution in [-0.4, -0.2) is 15.0 Å². The molecule has 0 saturated carbocycles. The van der Waals surface area contributed by atoms with E-state index in [0.717, 1.165) is 5.33 Å². The normalized spacial score (nSPS) is 8.64. The van der Waals surface area contributed by atoms with Crippen LogP contribution < -0.4 is 0 Å². The average Bonchev–Trinajstić information content (AvgIpc) is 2.33. The number of halogens is 1. The Balaban J connectivity index is 0.000000146. The van der Waals surface area contributed by atoms with Crippen LogP contribution in [0, 0.1) is 0 Å². The molecule has 0 bridgehead atoms. The molecule has 1 heterocycles. The summed E-state index contributed by atoms with van der Waals surface area (Å²) in [6.07, 6.45) is 4.31. The van der Waals surface area contributed by atoms with Gasteiger partial charge in [-0.05, 0) is 5.56 Å². The molecule has 0 aliphatic rings. The van der Waals surface area contributed by atoms with Crippen LogP contribution in [0.1, 0.15) is 5.56 Å². The summed E-state index contributed by atoms with van der Waals surface area (Å²) >= 11 is 3.36. The summed E-state index contributed by atoms with van der Waals surface area (Å²) in [6.45, 7) is 0. The molecule has 1 aromatic carbocycles. The Hall–Kier alpha value is -1.29. The summed E-state index contributed by atoms with van der Waals surface area (Å²) in [5.74, 6) is 0. The van der Waals surface area contributed by atoms with E-state index in [2.05, 4.69) is 43.0 Å². The SMILES string of the molecule is BrCc1ccccc1.c1ncncn1. The zero-order chi connectivity index (χ0) is 10.1. The third-order valence-corrected chi connectivity index (χ3v) is 2.04. The van der Waals surface area contributed by atoms with Gasteiger partial charge in [-0.15, -0.1) is 0 Å². The zero-order valence-corrected chi connectivity index (χ0v) is 9.13. The van der Waals surface area contributed by atoms with Crippen LogP contribution in [0.2, 0.25) is 0 Å². The molecule has 0 unspecified atom stereocenters. The van der Waals surface area contributed by atoms with E-state index in [1.807, 2.05) is 18.2 Å². The molecule has 2 aromatic rings. The van der Waals surface area contributed by atoms with Gasteiger partial charge in [0, 0.05) is 5.33 Å². The Bertz CT molecular complexity index is 299. The smallest absolute Gasteiger partial charge is 0.119 e. The van der Waals surface area contributed by atoms with Crippen molar-refractivity contribution in [3.05, 3.63) is 54.9 Å². The molecule has 0 amide bonds. The molecule has 0 radical (unpaired) electrons.